The van der Waals surface area contributed by atoms with Gasteiger partial charge >= 0.3 is 0 Å². The highest BCUT2D eigenvalue weighted by Gasteiger charge is 2.12. The molecule has 1 aromatic rings. The van der Waals surface area contributed by atoms with Gasteiger partial charge in [-0.15, -0.1) is 0 Å². The van der Waals surface area contributed by atoms with Crippen molar-refractivity contribution in [3.63, 3.8) is 0 Å². The number of benzene rings is 1. The first-order valence-electron chi connectivity index (χ1n) is 7.69. The van der Waals surface area contributed by atoms with E-state index in [0.717, 1.165) is 35.7 Å². The van der Waals surface area contributed by atoms with E-state index in [2.05, 4.69) is 22.8 Å². The van der Waals surface area contributed by atoms with Crippen molar-refractivity contribution >= 4 is 23.0 Å². The zero-order valence-electron chi connectivity index (χ0n) is 13.1. The lowest BCUT2D eigenvalue weighted by Gasteiger charge is -2.18. The summed E-state index contributed by atoms with van der Waals surface area (Å²) in [6, 6.07) is 5.81. The second-order valence-electron chi connectivity index (χ2n) is 5.13. The molecule has 0 saturated carbocycles. The first-order chi connectivity index (χ1) is 10.7. The normalized spacial score (nSPS) is 13.6. The lowest BCUT2D eigenvalue weighted by molar-refractivity contribution is 0.171. The van der Waals surface area contributed by atoms with Crippen LogP contribution in [0.1, 0.15) is 38.7 Å². The van der Waals surface area contributed by atoms with Crippen molar-refractivity contribution in [2.24, 2.45) is 5.10 Å². The highest BCUT2D eigenvalue weighted by molar-refractivity contribution is 7.80. The quantitative estimate of drug-likeness (QED) is 0.365. The summed E-state index contributed by atoms with van der Waals surface area (Å²) in [6.07, 6.45) is 3.52. The van der Waals surface area contributed by atoms with Crippen molar-refractivity contribution in [1.82, 2.24) is 10.7 Å². The molecule has 0 saturated heterocycles. The van der Waals surface area contributed by atoms with Gasteiger partial charge in [0.1, 0.15) is 13.2 Å². The summed E-state index contributed by atoms with van der Waals surface area (Å²) in [4.78, 5) is 0. The Morgan fingerprint density at radius 1 is 1.23 bits per heavy atom. The zero-order chi connectivity index (χ0) is 15.8. The lowest BCUT2D eigenvalue weighted by atomic mass is 10.1. The van der Waals surface area contributed by atoms with Crippen LogP contribution in [0.3, 0.4) is 0 Å². The standard InChI is InChI=1S/C16H23N3O2S/c1-3-4-5-8-17-16(22)19-18-12(2)13-6-7-14-15(11-13)21-10-9-20-14/h6-7,11H,3-5,8-10H2,1-2H3,(H2,17,19,22)/b18-12-. The van der Waals surface area contributed by atoms with E-state index in [9.17, 15) is 0 Å². The van der Waals surface area contributed by atoms with Gasteiger partial charge in [0.15, 0.2) is 16.6 Å². The van der Waals surface area contributed by atoms with E-state index in [1.165, 1.54) is 12.8 Å². The highest BCUT2D eigenvalue weighted by atomic mass is 32.1. The average Bonchev–Trinajstić information content (AvgIpc) is 2.56. The summed E-state index contributed by atoms with van der Waals surface area (Å²) in [7, 11) is 0. The molecule has 0 atom stereocenters. The van der Waals surface area contributed by atoms with E-state index in [4.69, 9.17) is 21.7 Å². The summed E-state index contributed by atoms with van der Waals surface area (Å²) < 4.78 is 11.1. The van der Waals surface area contributed by atoms with Crippen LogP contribution in [0.2, 0.25) is 0 Å². The second-order valence-corrected chi connectivity index (χ2v) is 5.54. The third kappa shape index (κ3) is 4.87. The van der Waals surface area contributed by atoms with Crippen LogP contribution < -0.4 is 20.2 Å². The van der Waals surface area contributed by atoms with Crippen LogP contribution in [0.4, 0.5) is 0 Å². The fraction of sp³-hybridized carbons (Fsp3) is 0.500. The highest BCUT2D eigenvalue weighted by Crippen LogP contribution is 2.30. The van der Waals surface area contributed by atoms with Crippen LogP contribution in [0.5, 0.6) is 11.5 Å². The molecule has 1 aromatic carbocycles. The Balaban J connectivity index is 1.87. The first kappa shape index (κ1) is 16.5. The summed E-state index contributed by atoms with van der Waals surface area (Å²) in [5.74, 6) is 1.54. The molecular formula is C16H23N3O2S. The number of hydrogen-bond donors (Lipinski definition) is 2. The number of nitrogens with one attached hydrogen (secondary N) is 2. The number of fused-ring (bicyclic) bond motifs is 1. The number of unbranched alkanes of at least 4 members (excludes halogenated alkanes) is 2. The molecule has 0 amide bonds. The minimum atomic E-state index is 0.549. The van der Waals surface area contributed by atoms with Gasteiger partial charge in [0.05, 0.1) is 5.71 Å². The van der Waals surface area contributed by atoms with Crippen LogP contribution in [0.25, 0.3) is 0 Å². The number of rotatable bonds is 6. The summed E-state index contributed by atoms with van der Waals surface area (Å²) in [5.41, 5.74) is 4.69. The fourth-order valence-corrected chi connectivity index (χ4v) is 2.23. The van der Waals surface area contributed by atoms with Gasteiger partial charge in [0.25, 0.3) is 0 Å². The SMILES string of the molecule is CCCCCNC(=S)N/N=C(/C)c1ccc2c(c1)OCCO2. The smallest absolute Gasteiger partial charge is 0.186 e. The molecule has 120 valence electrons. The molecule has 0 aromatic heterocycles. The second kappa shape index (κ2) is 8.58. The maximum Gasteiger partial charge on any atom is 0.186 e. The number of nitrogens with zero attached hydrogens (tertiary/aromatic N) is 1. The van der Waals surface area contributed by atoms with E-state index < -0.39 is 0 Å². The van der Waals surface area contributed by atoms with E-state index in [0.29, 0.717) is 18.3 Å². The summed E-state index contributed by atoms with van der Waals surface area (Å²) >= 11 is 5.20. The maximum atomic E-state index is 5.58. The van der Waals surface area contributed by atoms with Crippen LogP contribution in [-0.4, -0.2) is 30.6 Å². The van der Waals surface area contributed by atoms with Gasteiger partial charge in [-0.2, -0.15) is 5.10 Å². The largest absolute Gasteiger partial charge is 0.486 e. The third-order valence-corrected chi connectivity index (χ3v) is 3.59. The van der Waals surface area contributed by atoms with Gasteiger partial charge in [0, 0.05) is 12.1 Å². The number of ether oxygens (including phenoxy) is 2. The van der Waals surface area contributed by atoms with Crippen LogP contribution in [0.15, 0.2) is 23.3 Å². The molecule has 6 heteroatoms. The van der Waals surface area contributed by atoms with Gasteiger partial charge in [-0.1, -0.05) is 19.8 Å². The van der Waals surface area contributed by atoms with Gasteiger partial charge in [-0.25, -0.2) is 0 Å². The molecule has 0 unspecified atom stereocenters. The Morgan fingerprint density at radius 3 is 2.77 bits per heavy atom. The molecule has 0 bridgehead atoms. The van der Waals surface area contributed by atoms with Crippen LogP contribution in [-0.2, 0) is 0 Å². The van der Waals surface area contributed by atoms with E-state index in [1.54, 1.807) is 0 Å². The number of hydrogen-bond acceptors (Lipinski definition) is 4. The Bertz CT molecular complexity index is 546. The van der Waals surface area contributed by atoms with Crippen molar-refractivity contribution < 1.29 is 9.47 Å². The minimum Gasteiger partial charge on any atom is -0.486 e. The fourth-order valence-electron chi connectivity index (χ4n) is 2.08. The Kier molecular flexibility index (Phi) is 6.45. The Hall–Kier alpha value is -1.82. The molecule has 22 heavy (non-hydrogen) atoms. The van der Waals surface area contributed by atoms with Crippen molar-refractivity contribution in [2.75, 3.05) is 19.8 Å². The molecule has 1 aliphatic rings. The van der Waals surface area contributed by atoms with Gasteiger partial charge in [-0.05, 0) is 43.8 Å². The van der Waals surface area contributed by atoms with Crippen molar-refractivity contribution in [1.29, 1.82) is 0 Å². The lowest BCUT2D eigenvalue weighted by Crippen LogP contribution is -2.33. The molecule has 0 radical (unpaired) electrons. The van der Waals surface area contributed by atoms with E-state index in [-0.39, 0.29) is 0 Å². The average molecular weight is 321 g/mol. The molecule has 2 rings (SSSR count). The Labute approximate surface area is 137 Å². The molecule has 0 fully saturated rings. The first-order valence-corrected chi connectivity index (χ1v) is 8.09. The summed E-state index contributed by atoms with van der Waals surface area (Å²) in [6.45, 7) is 6.16. The molecular weight excluding hydrogens is 298 g/mol. The molecule has 0 aliphatic carbocycles. The molecule has 5 nitrogen and oxygen atoms in total. The minimum absolute atomic E-state index is 0.549. The van der Waals surface area contributed by atoms with Gasteiger partial charge in [-0.3, -0.25) is 5.43 Å². The predicted octanol–water partition coefficient (Wildman–Crippen LogP) is 2.84. The van der Waals surface area contributed by atoms with Crippen molar-refractivity contribution in [3.8, 4) is 11.5 Å². The number of thiocarbonyl (C=S) groups is 1. The topological polar surface area (TPSA) is 54.9 Å². The van der Waals surface area contributed by atoms with E-state index >= 15 is 0 Å². The molecule has 2 N–H and O–H groups in total. The monoisotopic (exact) mass is 321 g/mol. The van der Waals surface area contributed by atoms with Crippen molar-refractivity contribution in [2.45, 2.75) is 33.1 Å². The third-order valence-electron chi connectivity index (χ3n) is 3.35. The Morgan fingerprint density at radius 2 is 2.00 bits per heavy atom. The van der Waals surface area contributed by atoms with Crippen LogP contribution >= 0.6 is 12.2 Å². The van der Waals surface area contributed by atoms with Gasteiger partial charge < -0.3 is 14.8 Å². The van der Waals surface area contributed by atoms with Crippen molar-refractivity contribution in [3.05, 3.63) is 23.8 Å². The van der Waals surface area contributed by atoms with Gasteiger partial charge in [0.2, 0.25) is 0 Å². The molecule has 1 aliphatic heterocycles. The summed E-state index contributed by atoms with van der Waals surface area (Å²) in [5, 5.41) is 8.00. The van der Waals surface area contributed by atoms with Crippen LogP contribution in [0, 0.1) is 0 Å². The zero-order valence-corrected chi connectivity index (χ0v) is 14.0. The predicted molar refractivity (Wildman–Crippen MR) is 92.9 cm³/mol. The molecule has 0 spiro atoms. The maximum absolute atomic E-state index is 5.58. The van der Waals surface area contributed by atoms with E-state index in [1.807, 2.05) is 25.1 Å². The molecule has 1 heterocycles. The number of hydrazone groups is 1.